The summed E-state index contributed by atoms with van der Waals surface area (Å²) < 4.78 is 20.2. The van der Waals surface area contributed by atoms with Gasteiger partial charge in [0.05, 0.1) is 12.3 Å². The second kappa shape index (κ2) is 9.22. The highest BCUT2D eigenvalue weighted by atomic mass is 31.2. The number of hydrogen-bond acceptors (Lipinski definition) is 7. The standard InChI is InChI=1S/C12H25N2O7P/c1-9(14-19-4)6-7-13-11(16)10(15)12(2,3)8-21-22(17,18)20-5/h10,15H,6-8H2,1-5H3,(H,13,16)(H,17,18)/b14-9+. The molecule has 0 bridgehead atoms. The van der Waals surface area contributed by atoms with Gasteiger partial charge in [0, 0.05) is 25.5 Å². The third-order valence-electron chi connectivity index (χ3n) is 2.85. The lowest BCUT2D eigenvalue weighted by Crippen LogP contribution is -2.46. The number of hydrogen-bond donors (Lipinski definition) is 3. The Morgan fingerprint density at radius 3 is 2.50 bits per heavy atom. The zero-order valence-electron chi connectivity index (χ0n) is 13.5. The largest absolute Gasteiger partial charge is 0.471 e. The van der Waals surface area contributed by atoms with Crippen LogP contribution in [0, 0.1) is 5.41 Å². The molecule has 9 nitrogen and oxygen atoms in total. The van der Waals surface area contributed by atoms with E-state index in [0.717, 1.165) is 7.11 Å². The Balaban J connectivity index is 4.41. The summed E-state index contributed by atoms with van der Waals surface area (Å²) >= 11 is 0. The monoisotopic (exact) mass is 340 g/mol. The first-order chi connectivity index (χ1) is 10.1. The molecule has 10 heteroatoms. The number of nitrogens with zero attached hydrogens (tertiary/aromatic N) is 1. The van der Waals surface area contributed by atoms with Gasteiger partial charge >= 0.3 is 7.82 Å². The summed E-state index contributed by atoms with van der Waals surface area (Å²) in [4.78, 5) is 25.6. The van der Waals surface area contributed by atoms with E-state index in [2.05, 4.69) is 19.8 Å². The molecule has 0 aliphatic carbocycles. The molecule has 0 aromatic rings. The summed E-state index contributed by atoms with van der Waals surface area (Å²) in [5.41, 5.74) is -0.377. The summed E-state index contributed by atoms with van der Waals surface area (Å²) in [6, 6.07) is 0. The zero-order chi connectivity index (χ0) is 17.4. The smallest absolute Gasteiger partial charge is 0.399 e. The Bertz CT molecular complexity index is 439. The Morgan fingerprint density at radius 2 is 2.00 bits per heavy atom. The van der Waals surface area contributed by atoms with Gasteiger partial charge in [-0.2, -0.15) is 0 Å². The Hall–Kier alpha value is -0.990. The number of phosphoric ester groups is 1. The van der Waals surface area contributed by atoms with Gasteiger partial charge in [0.15, 0.2) is 0 Å². The van der Waals surface area contributed by atoms with E-state index < -0.39 is 25.2 Å². The van der Waals surface area contributed by atoms with Crippen molar-refractivity contribution in [2.45, 2.75) is 33.3 Å². The number of rotatable bonds is 10. The number of nitrogens with one attached hydrogen (secondary N) is 1. The highest BCUT2D eigenvalue weighted by Gasteiger charge is 2.36. The molecule has 130 valence electrons. The maximum absolute atomic E-state index is 11.9. The number of oxime groups is 1. The van der Waals surface area contributed by atoms with Gasteiger partial charge in [-0.1, -0.05) is 19.0 Å². The minimum atomic E-state index is -4.15. The van der Waals surface area contributed by atoms with E-state index in [1.807, 2.05) is 0 Å². The van der Waals surface area contributed by atoms with Gasteiger partial charge in [-0.25, -0.2) is 4.57 Å². The summed E-state index contributed by atoms with van der Waals surface area (Å²) in [7, 11) is -1.70. The van der Waals surface area contributed by atoms with E-state index in [9.17, 15) is 14.5 Å². The average Bonchev–Trinajstić information content (AvgIpc) is 2.44. The number of aliphatic hydroxyl groups is 1. The van der Waals surface area contributed by atoms with Gasteiger partial charge in [0.1, 0.15) is 13.2 Å². The molecule has 0 rings (SSSR count). The van der Waals surface area contributed by atoms with Gasteiger partial charge in [0.2, 0.25) is 5.91 Å². The van der Waals surface area contributed by atoms with Crippen molar-refractivity contribution in [2.75, 3.05) is 27.4 Å². The van der Waals surface area contributed by atoms with Crippen molar-refractivity contribution in [1.29, 1.82) is 0 Å². The third kappa shape index (κ3) is 7.86. The van der Waals surface area contributed by atoms with Crippen LogP contribution < -0.4 is 5.32 Å². The van der Waals surface area contributed by atoms with Gasteiger partial charge < -0.3 is 20.2 Å². The fourth-order valence-corrected chi connectivity index (χ4v) is 2.00. The topological polar surface area (TPSA) is 127 Å². The lowest BCUT2D eigenvalue weighted by Gasteiger charge is -2.29. The third-order valence-corrected chi connectivity index (χ3v) is 3.77. The van der Waals surface area contributed by atoms with Crippen molar-refractivity contribution in [1.82, 2.24) is 5.32 Å². The van der Waals surface area contributed by atoms with E-state index >= 15 is 0 Å². The first-order valence-corrected chi connectivity index (χ1v) is 8.10. The number of phosphoric acid groups is 1. The van der Waals surface area contributed by atoms with Crippen molar-refractivity contribution in [3.8, 4) is 0 Å². The fraction of sp³-hybridized carbons (Fsp3) is 0.833. The lowest BCUT2D eigenvalue weighted by atomic mass is 9.87. The van der Waals surface area contributed by atoms with E-state index in [1.54, 1.807) is 6.92 Å². The second-order valence-corrected chi connectivity index (χ2v) is 6.93. The van der Waals surface area contributed by atoms with Crippen LogP contribution >= 0.6 is 7.82 Å². The molecule has 0 saturated heterocycles. The predicted molar refractivity (Wildman–Crippen MR) is 80.3 cm³/mol. The summed E-state index contributed by atoms with van der Waals surface area (Å²) in [6.45, 7) is 4.76. The molecule has 0 aliphatic heterocycles. The zero-order valence-corrected chi connectivity index (χ0v) is 14.4. The number of amides is 1. The highest BCUT2D eigenvalue weighted by molar-refractivity contribution is 7.47. The van der Waals surface area contributed by atoms with Crippen LogP contribution in [0.15, 0.2) is 5.16 Å². The van der Waals surface area contributed by atoms with Crippen LogP contribution in [0.5, 0.6) is 0 Å². The second-order valence-electron chi connectivity index (χ2n) is 5.37. The Labute approximate surface area is 130 Å². The SMILES string of the molecule is CO/N=C(\C)CCNC(=O)C(O)C(C)(C)COP(=O)(O)OC. The van der Waals surface area contributed by atoms with Crippen LogP contribution in [0.4, 0.5) is 0 Å². The first kappa shape index (κ1) is 21.0. The number of aliphatic hydroxyl groups excluding tert-OH is 1. The molecule has 0 aromatic heterocycles. The lowest BCUT2D eigenvalue weighted by molar-refractivity contribution is -0.136. The molecule has 0 radical (unpaired) electrons. The van der Waals surface area contributed by atoms with Crippen molar-refractivity contribution >= 4 is 19.4 Å². The summed E-state index contributed by atoms with van der Waals surface area (Å²) in [5, 5.41) is 16.3. The summed E-state index contributed by atoms with van der Waals surface area (Å²) in [5.74, 6) is -0.607. The maximum atomic E-state index is 11.9. The minimum Gasteiger partial charge on any atom is -0.399 e. The molecule has 3 N–H and O–H groups in total. The number of carbonyl (C=O) groups excluding carboxylic acids is 1. The van der Waals surface area contributed by atoms with Crippen molar-refractivity contribution in [2.24, 2.45) is 10.6 Å². The molecule has 22 heavy (non-hydrogen) atoms. The van der Waals surface area contributed by atoms with Crippen molar-refractivity contribution in [3.63, 3.8) is 0 Å². The van der Waals surface area contributed by atoms with Crippen LogP contribution in [-0.4, -0.2) is 55.1 Å². The van der Waals surface area contributed by atoms with Gasteiger partial charge in [-0.3, -0.25) is 13.8 Å². The van der Waals surface area contributed by atoms with Crippen LogP contribution in [0.1, 0.15) is 27.2 Å². The van der Waals surface area contributed by atoms with E-state index in [-0.39, 0.29) is 13.2 Å². The summed E-state index contributed by atoms with van der Waals surface area (Å²) in [6.07, 6.45) is -0.942. The van der Waals surface area contributed by atoms with Crippen LogP contribution in [-0.2, 0) is 23.2 Å². The molecular formula is C12H25N2O7P. The molecule has 0 fully saturated rings. The van der Waals surface area contributed by atoms with Crippen molar-refractivity contribution < 1.29 is 33.2 Å². The maximum Gasteiger partial charge on any atom is 0.471 e. The minimum absolute atomic E-state index is 0.280. The quantitative estimate of drug-likeness (QED) is 0.303. The first-order valence-electron chi connectivity index (χ1n) is 6.61. The van der Waals surface area contributed by atoms with Crippen LogP contribution in [0.3, 0.4) is 0 Å². The molecular weight excluding hydrogens is 315 g/mol. The molecule has 0 aromatic carbocycles. The van der Waals surface area contributed by atoms with Crippen LogP contribution in [0.2, 0.25) is 0 Å². The van der Waals surface area contributed by atoms with E-state index in [4.69, 9.17) is 9.42 Å². The molecule has 0 saturated carbocycles. The molecule has 2 atom stereocenters. The van der Waals surface area contributed by atoms with E-state index in [0.29, 0.717) is 12.1 Å². The van der Waals surface area contributed by atoms with Gasteiger partial charge in [-0.15, -0.1) is 0 Å². The molecule has 1 amide bonds. The van der Waals surface area contributed by atoms with Crippen LogP contribution in [0.25, 0.3) is 0 Å². The average molecular weight is 340 g/mol. The fourth-order valence-electron chi connectivity index (χ4n) is 1.40. The molecule has 0 heterocycles. The van der Waals surface area contributed by atoms with Gasteiger partial charge in [0.25, 0.3) is 0 Å². The highest BCUT2D eigenvalue weighted by Crippen LogP contribution is 2.43. The Morgan fingerprint density at radius 1 is 1.41 bits per heavy atom. The Kier molecular flexibility index (Phi) is 8.80. The molecule has 0 aliphatic rings. The van der Waals surface area contributed by atoms with Crippen molar-refractivity contribution in [3.05, 3.63) is 0 Å². The van der Waals surface area contributed by atoms with Gasteiger partial charge in [-0.05, 0) is 6.92 Å². The normalized spacial score (nSPS) is 16.8. The molecule has 2 unspecified atom stereocenters. The number of carbonyl (C=O) groups is 1. The molecule has 0 spiro atoms. The predicted octanol–water partition coefficient (Wildman–Crippen LogP) is 0.665. The van der Waals surface area contributed by atoms with E-state index in [1.165, 1.54) is 21.0 Å².